The lowest BCUT2D eigenvalue weighted by molar-refractivity contribution is -0.0802. The second-order valence-corrected chi connectivity index (χ2v) is 2.45. The normalized spacial score (nSPS) is 24.8. The van der Waals surface area contributed by atoms with Gasteiger partial charge in [0.05, 0.1) is 0 Å². The summed E-state index contributed by atoms with van der Waals surface area (Å²) < 4.78 is 36.1. The zero-order valence-electron chi connectivity index (χ0n) is 6.50. The van der Waals surface area contributed by atoms with Gasteiger partial charge in [0.1, 0.15) is 0 Å². The van der Waals surface area contributed by atoms with Crippen molar-refractivity contribution in [1.82, 2.24) is 9.91 Å². The van der Waals surface area contributed by atoms with E-state index in [-0.39, 0.29) is 0 Å². The van der Waals surface area contributed by atoms with Crippen LogP contribution in [0.3, 0.4) is 0 Å². The van der Waals surface area contributed by atoms with Crippen LogP contribution in [-0.4, -0.2) is 47.5 Å². The summed E-state index contributed by atoms with van der Waals surface area (Å²) in [6.45, 7) is 0. The van der Waals surface area contributed by atoms with Crippen LogP contribution in [0.1, 0.15) is 0 Å². The topological polar surface area (TPSA) is 39.1 Å². The lowest BCUT2D eigenvalue weighted by atomic mass is 10.5. The Morgan fingerprint density at radius 3 is 2.08 bits per heavy atom. The van der Waals surface area contributed by atoms with Gasteiger partial charge in [-0.25, -0.2) is 0 Å². The highest BCUT2D eigenvalue weighted by Gasteiger charge is 2.45. The van der Waals surface area contributed by atoms with Gasteiger partial charge in [-0.2, -0.15) is 18.3 Å². The number of aliphatic hydroxyl groups is 1. The number of halogens is 3. The van der Waals surface area contributed by atoms with Crippen LogP contribution in [0.4, 0.5) is 13.2 Å². The Morgan fingerprint density at radius 1 is 1.42 bits per heavy atom. The molecule has 4 nitrogen and oxygen atoms in total. The highest BCUT2D eigenvalue weighted by molar-refractivity contribution is 5.88. The molecular weight excluding hydrogens is 175 g/mol. The molecule has 1 heterocycles. The van der Waals surface area contributed by atoms with E-state index in [4.69, 9.17) is 5.11 Å². The standard InChI is InChI=1S/C5H8F3N3O/c1-10-3(5(6,7)8)9-11(2)4(10)12/h4,12H,1-2H3. The molecule has 1 aliphatic rings. The Hall–Kier alpha value is -0.980. The van der Waals surface area contributed by atoms with Gasteiger partial charge in [0.15, 0.2) is 0 Å². The Bertz CT molecular complexity index is 214. The van der Waals surface area contributed by atoms with Crippen LogP contribution < -0.4 is 0 Å². The van der Waals surface area contributed by atoms with E-state index in [2.05, 4.69) is 5.10 Å². The number of nitrogens with zero attached hydrogens (tertiary/aromatic N) is 3. The quantitative estimate of drug-likeness (QED) is 0.575. The molecule has 0 spiro atoms. The molecule has 1 aliphatic heterocycles. The fourth-order valence-corrected chi connectivity index (χ4v) is 0.888. The number of alkyl halides is 3. The monoisotopic (exact) mass is 183 g/mol. The number of hydrazone groups is 1. The number of amidine groups is 1. The van der Waals surface area contributed by atoms with Crippen molar-refractivity contribution in [2.24, 2.45) is 5.10 Å². The number of aliphatic hydroxyl groups excluding tert-OH is 1. The third-order valence-corrected chi connectivity index (χ3v) is 1.52. The largest absolute Gasteiger partial charge is 0.451 e. The van der Waals surface area contributed by atoms with Crippen LogP contribution in [0.5, 0.6) is 0 Å². The maximum Gasteiger partial charge on any atom is 0.451 e. The maximum absolute atomic E-state index is 12.0. The van der Waals surface area contributed by atoms with Crippen LogP contribution in [-0.2, 0) is 0 Å². The van der Waals surface area contributed by atoms with Crippen molar-refractivity contribution in [3.05, 3.63) is 0 Å². The Kier molecular flexibility index (Phi) is 1.91. The van der Waals surface area contributed by atoms with E-state index in [1.54, 1.807) is 0 Å². The summed E-state index contributed by atoms with van der Waals surface area (Å²) in [6, 6.07) is 0. The third kappa shape index (κ3) is 1.31. The second kappa shape index (κ2) is 2.51. The molecule has 1 unspecified atom stereocenters. The molecule has 0 fully saturated rings. The van der Waals surface area contributed by atoms with E-state index in [0.717, 1.165) is 12.1 Å². The first-order valence-corrected chi connectivity index (χ1v) is 3.13. The van der Waals surface area contributed by atoms with E-state index in [1.807, 2.05) is 0 Å². The van der Waals surface area contributed by atoms with Crippen molar-refractivity contribution in [1.29, 1.82) is 0 Å². The molecule has 0 aromatic rings. The van der Waals surface area contributed by atoms with Crippen LogP contribution in [0.25, 0.3) is 0 Å². The summed E-state index contributed by atoms with van der Waals surface area (Å²) in [5, 5.41) is 13.0. The van der Waals surface area contributed by atoms with Crippen molar-refractivity contribution in [2.75, 3.05) is 14.1 Å². The Labute approximate surface area is 66.9 Å². The van der Waals surface area contributed by atoms with E-state index in [0.29, 0.717) is 4.90 Å². The average molecular weight is 183 g/mol. The molecule has 0 saturated carbocycles. The molecule has 1 atom stereocenters. The fourth-order valence-electron chi connectivity index (χ4n) is 0.888. The van der Waals surface area contributed by atoms with E-state index >= 15 is 0 Å². The van der Waals surface area contributed by atoms with Crippen LogP contribution >= 0.6 is 0 Å². The number of hydrogen-bond donors (Lipinski definition) is 1. The minimum Gasteiger partial charge on any atom is -0.355 e. The fraction of sp³-hybridized carbons (Fsp3) is 0.800. The molecule has 0 saturated heterocycles. The predicted molar refractivity (Wildman–Crippen MR) is 35.0 cm³/mol. The van der Waals surface area contributed by atoms with Crippen molar-refractivity contribution in [2.45, 2.75) is 12.5 Å². The molecule has 1 rings (SSSR count). The van der Waals surface area contributed by atoms with Gasteiger partial charge in [-0.1, -0.05) is 0 Å². The highest BCUT2D eigenvalue weighted by Crippen LogP contribution is 2.24. The van der Waals surface area contributed by atoms with Crippen molar-refractivity contribution in [3.8, 4) is 0 Å². The Morgan fingerprint density at radius 2 is 1.92 bits per heavy atom. The minimum absolute atomic E-state index is 0.653. The van der Waals surface area contributed by atoms with Crippen LogP contribution in [0.15, 0.2) is 5.10 Å². The SMILES string of the molecule is CN1N=C(C(F)(F)F)N(C)C1O. The van der Waals surface area contributed by atoms with Crippen LogP contribution in [0.2, 0.25) is 0 Å². The molecule has 0 bridgehead atoms. The van der Waals surface area contributed by atoms with Gasteiger partial charge in [-0.05, 0) is 0 Å². The minimum atomic E-state index is -4.51. The molecule has 0 aliphatic carbocycles. The predicted octanol–water partition coefficient (Wildman–Crippen LogP) is 0.0153. The van der Waals surface area contributed by atoms with E-state index in [9.17, 15) is 13.2 Å². The van der Waals surface area contributed by atoms with Crippen LogP contribution in [0, 0.1) is 0 Å². The highest BCUT2D eigenvalue weighted by atomic mass is 19.4. The van der Waals surface area contributed by atoms with Gasteiger partial charge in [0, 0.05) is 14.1 Å². The summed E-state index contributed by atoms with van der Waals surface area (Å²) in [7, 11) is 2.39. The first-order valence-electron chi connectivity index (χ1n) is 3.13. The van der Waals surface area contributed by atoms with Gasteiger partial charge in [0.2, 0.25) is 12.2 Å². The summed E-state index contributed by atoms with van der Waals surface area (Å²) in [5.74, 6) is -1.09. The summed E-state index contributed by atoms with van der Waals surface area (Å²) in [5.41, 5.74) is 0. The van der Waals surface area contributed by atoms with E-state index in [1.165, 1.54) is 7.05 Å². The van der Waals surface area contributed by atoms with Gasteiger partial charge in [0.25, 0.3) is 0 Å². The summed E-state index contributed by atoms with van der Waals surface area (Å²) in [6.07, 6.45) is -5.85. The van der Waals surface area contributed by atoms with Crippen molar-refractivity contribution < 1.29 is 18.3 Å². The first-order chi connectivity index (χ1) is 5.34. The lowest BCUT2D eigenvalue weighted by Gasteiger charge is -2.21. The average Bonchev–Trinajstić information content (AvgIpc) is 2.15. The molecule has 0 amide bonds. The number of rotatable bonds is 0. The summed E-state index contributed by atoms with van der Waals surface area (Å²) >= 11 is 0. The van der Waals surface area contributed by atoms with Crippen molar-refractivity contribution in [3.63, 3.8) is 0 Å². The molecular formula is C5H8F3N3O. The van der Waals surface area contributed by atoms with Gasteiger partial charge >= 0.3 is 6.18 Å². The molecule has 0 aromatic heterocycles. The van der Waals surface area contributed by atoms with E-state index < -0.39 is 18.4 Å². The number of hydrogen-bond acceptors (Lipinski definition) is 4. The lowest BCUT2D eigenvalue weighted by Crippen LogP contribution is -2.42. The second-order valence-electron chi connectivity index (χ2n) is 2.45. The summed E-state index contributed by atoms with van der Waals surface area (Å²) in [4.78, 5) is 0.653. The molecule has 0 radical (unpaired) electrons. The Balaban J connectivity index is 2.87. The van der Waals surface area contributed by atoms with Crippen molar-refractivity contribution >= 4 is 5.84 Å². The molecule has 12 heavy (non-hydrogen) atoms. The molecule has 0 aromatic carbocycles. The molecule has 7 heteroatoms. The zero-order chi connectivity index (χ0) is 9.52. The zero-order valence-corrected chi connectivity index (χ0v) is 6.50. The van der Waals surface area contributed by atoms with Gasteiger partial charge < -0.3 is 10.0 Å². The van der Waals surface area contributed by atoms with Gasteiger partial charge in [-0.15, -0.1) is 0 Å². The molecule has 70 valence electrons. The third-order valence-electron chi connectivity index (χ3n) is 1.52. The van der Waals surface area contributed by atoms with Gasteiger partial charge in [-0.3, -0.25) is 5.01 Å². The molecule has 1 N–H and O–H groups in total. The first kappa shape index (κ1) is 9.11. The smallest absolute Gasteiger partial charge is 0.355 e. The maximum atomic E-state index is 12.0.